The quantitative estimate of drug-likeness (QED) is 0.608. The smallest absolute Gasteiger partial charge is 0.149 e. The molecule has 0 aromatic heterocycles. The molecule has 3 nitrogen and oxygen atoms in total. The molecule has 0 bridgehead atoms. The highest BCUT2D eigenvalue weighted by atomic mass is 16.5. The maximum atomic E-state index is 11.9. The van der Waals surface area contributed by atoms with Crippen molar-refractivity contribution in [3.8, 4) is 0 Å². The minimum absolute atomic E-state index is 0.175. The van der Waals surface area contributed by atoms with Crippen LogP contribution in [0.2, 0.25) is 0 Å². The van der Waals surface area contributed by atoms with E-state index in [2.05, 4.69) is 25.7 Å². The van der Waals surface area contributed by atoms with Gasteiger partial charge >= 0.3 is 0 Å². The first kappa shape index (κ1) is 15.6. The summed E-state index contributed by atoms with van der Waals surface area (Å²) >= 11 is 0. The number of Topliss-reactive ketones (excluding diaryl/α,β-unsaturated/α-hetero) is 1. The Labute approximate surface area is 100 Å². The zero-order chi connectivity index (χ0) is 12.6. The first-order valence-electron chi connectivity index (χ1n) is 6.32. The zero-order valence-corrected chi connectivity index (χ0v) is 11.5. The molecule has 0 aliphatic rings. The number of ether oxygens (including phenoxy) is 1. The minimum Gasteiger partial charge on any atom is -0.383 e. The van der Waals surface area contributed by atoms with Crippen LogP contribution in [-0.2, 0) is 9.53 Å². The van der Waals surface area contributed by atoms with E-state index < -0.39 is 0 Å². The van der Waals surface area contributed by atoms with Crippen LogP contribution < -0.4 is 0 Å². The van der Waals surface area contributed by atoms with Gasteiger partial charge in [-0.15, -0.1) is 0 Å². The molecule has 0 aliphatic heterocycles. The van der Waals surface area contributed by atoms with E-state index in [-0.39, 0.29) is 5.92 Å². The lowest BCUT2D eigenvalue weighted by molar-refractivity contribution is -0.124. The fourth-order valence-corrected chi connectivity index (χ4v) is 1.51. The minimum atomic E-state index is 0.175. The van der Waals surface area contributed by atoms with E-state index >= 15 is 0 Å². The highest BCUT2D eigenvalue weighted by Crippen LogP contribution is 2.08. The second-order valence-electron chi connectivity index (χ2n) is 4.50. The molecule has 3 heteroatoms. The average Bonchev–Trinajstić information content (AvgIpc) is 2.31. The third-order valence-corrected chi connectivity index (χ3v) is 3.32. The number of ketones is 1. The van der Waals surface area contributed by atoms with E-state index in [0.717, 1.165) is 19.4 Å². The Morgan fingerprint density at radius 3 is 2.31 bits per heavy atom. The van der Waals surface area contributed by atoms with E-state index in [0.29, 0.717) is 25.0 Å². The van der Waals surface area contributed by atoms with Gasteiger partial charge in [0.05, 0.1) is 13.2 Å². The van der Waals surface area contributed by atoms with Crippen molar-refractivity contribution in [3.63, 3.8) is 0 Å². The summed E-state index contributed by atoms with van der Waals surface area (Å²) in [6.07, 6.45) is 1.99. The molecule has 0 fully saturated rings. The first-order valence-corrected chi connectivity index (χ1v) is 6.32. The van der Waals surface area contributed by atoms with Crippen LogP contribution in [0.1, 0.15) is 40.5 Å². The monoisotopic (exact) mass is 229 g/mol. The molecule has 0 saturated carbocycles. The standard InChI is InChI=1S/C13H27NO2/c1-6-11(3)13(15)10-14(8-9-16-5)12(4)7-2/h11-12H,6-10H2,1-5H3. The molecule has 0 radical (unpaired) electrons. The van der Waals surface area contributed by atoms with Gasteiger partial charge in [0.1, 0.15) is 5.78 Å². The van der Waals surface area contributed by atoms with Crippen LogP contribution in [0.4, 0.5) is 0 Å². The van der Waals surface area contributed by atoms with E-state index in [1.54, 1.807) is 7.11 Å². The Balaban J connectivity index is 4.24. The predicted octanol–water partition coefficient (Wildman–Crippen LogP) is 2.35. The zero-order valence-electron chi connectivity index (χ0n) is 11.5. The van der Waals surface area contributed by atoms with Crippen molar-refractivity contribution in [1.29, 1.82) is 0 Å². The van der Waals surface area contributed by atoms with Crippen LogP contribution in [0, 0.1) is 5.92 Å². The third kappa shape index (κ3) is 5.61. The number of carbonyl (C=O) groups excluding carboxylic acids is 1. The van der Waals surface area contributed by atoms with Crippen molar-refractivity contribution >= 4 is 5.78 Å². The summed E-state index contributed by atoms with van der Waals surface area (Å²) in [6, 6.07) is 0.447. The van der Waals surface area contributed by atoms with E-state index in [4.69, 9.17) is 4.74 Å². The van der Waals surface area contributed by atoms with Crippen LogP contribution in [-0.4, -0.2) is 43.5 Å². The summed E-state index contributed by atoms with van der Waals surface area (Å²) in [5.74, 6) is 0.521. The van der Waals surface area contributed by atoms with Gasteiger partial charge in [-0.2, -0.15) is 0 Å². The lowest BCUT2D eigenvalue weighted by atomic mass is 10.0. The van der Waals surface area contributed by atoms with Gasteiger partial charge in [0.25, 0.3) is 0 Å². The maximum absolute atomic E-state index is 11.9. The fourth-order valence-electron chi connectivity index (χ4n) is 1.51. The van der Waals surface area contributed by atoms with Gasteiger partial charge in [-0.1, -0.05) is 20.8 Å². The van der Waals surface area contributed by atoms with Crippen LogP contribution in [0.15, 0.2) is 0 Å². The Morgan fingerprint density at radius 1 is 1.25 bits per heavy atom. The molecule has 0 heterocycles. The molecular formula is C13H27NO2. The number of nitrogens with zero attached hydrogens (tertiary/aromatic N) is 1. The summed E-state index contributed by atoms with van der Waals surface area (Å²) in [6.45, 7) is 10.5. The van der Waals surface area contributed by atoms with Crippen molar-refractivity contribution in [2.24, 2.45) is 5.92 Å². The lowest BCUT2D eigenvalue weighted by Gasteiger charge is -2.28. The van der Waals surface area contributed by atoms with Gasteiger partial charge in [-0.25, -0.2) is 0 Å². The van der Waals surface area contributed by atoms with Gasteiger partial charge in [-0.3, -0.25) is 9.69 Å². The maximum Gasteiger partial charge on any atom is 0.149 e. The molecule has 0 rings (SSSR count). The third-order valence-electron chi connectivity index (χ3n) is 3.32. The molecule has 96 valence electrons. The molecular weight excluding hydrogens is 202 g/mol. The Morgan fingerprint density at radius 2 is 1.88 bits per heavy atom. The first-order chi connectivity index (χ1) is 7.56. The van der Waals surface area contributed by atoms with Crippen molar-refractivity contribution in [2.75, 3.05) is 26.8 Å². The molecule has 0 aromatic carbocycles. The molecule has 0 aliphatic carbocycles. The normalized spacial score (nSPS) is 15.1. The van der Waals surface area contributed by atoms with Crippen LogP contribution in [0.3, 0.4) is 0 Å². The molecule has 0 saturated heterocycles. The summed E-state index contributed by atoms with van der Waals surface area (Å²) in [5.41, 5.74) is 0. The van der Waals surface area contributed by atoms with Crippen molar-refractivity contribution in [2.45, 2.75) is 46.6 Å². The number of hydrogen-bond acceptors (Lipinski definition) is 3. The van der Waals surface area contributed by atoms with Crippen molar-refractivity contribution < 1.29 is 9.53 Å². The van der Waals surface area contributed by atoms with E-state index in [1.165, 1.54) is 0 Å². The van der Waals surface area contributed by atoms with Crippen LogP contribution >= 0.6 is 0 Å². The topological polar surface area (TPSA) is 29.5 Å². The van der Waals surface area contributed by atoms with Crippen molar-refractivity contribution in [1.82, 2.24) is 4.90 Å². The number of rotatable bonds is 9. The second kappa shape index (κ2) is 8.71. The van der Waals surface area contributed by atoms with E-state index in [1.807, 2.05) is 6.92 Å². The SMILES string of the molecule is CCC(C)C(=O)CN(CCOC)C(C)CC. The van der Waals surface area contributed by atoms with Crippen molar-refractivity contribution in [3.05, 3.63) is 0 Å². The second-order valence-corrected chi connectivity index (χ2v) is 4.50. The summed E-state index contributed by atoms with van der Waals surface area (Å²) in [7, 11) is 1.70. The summed E-state index contributed by atoms with van der Waals surface area (Å²) in [4.78, 5) is 14.1. The molecule has 16 heavy (non-hydrogen) atoms. The number of carbonyl (C=O) groups is 1. The predicted molar refractivity (Wildman–Crippen MR) is 67.7 cm³/mol. The molecule has 2 unspecified atom stereocenters. The molecule has 0 spiro atoms. The molecule has 0 aromatic rings. The van der Waals surface area contributed by atoms with Crippen LogP contribution in [0.5, 0.6) is 0 Å². The highest BCUT2D eigenvalue weighted by molar-refractivity contribution is 5.82. The largest absolute Gasteiger partial charge is 0.383 e. The average molecular weight is 229 g/mol. The summed E-state index contributed by atoms with van der Waals surface area (Å²) < 4.78 is 5.08. The Kier molecular flexibility index (Phi) is 8.49. The van der Waals surface area contributed by atoms with E-state index in [9.17, 15) is 4.79 Å². The molecule has 0 N–H and O–H groups in total. The summed E-state index contributed by atoms with van der Waals surface area (Å²) in [5, 5.41) is 0. The lowest BCUT2D eigenvalue weighted by Crippen LogP contribution is -2.40. The Bertz CT molecular complexity index is 194. The van der Waals surface area contributed by atoms with Gasteiger partial charge in [0.2, 0.25) is 0 Å². The Hall–Kier alpha value is -0.410. The number of methoxy groups -OCH3 is 1. The molecule has 0 amide bonds. The number of hydrogen-bond donors (Lipinski definition) is 0. The molecule has 2 atom stereocenters. The highest BCUT2D eigenvalue weighted by Gasteiger charge is 2.18. The van der Waals surface area contributed by atoms with Gasteiger partial charge in [0.15, 0.2) is 0 Å². The van der Waals surface area contributed by atoms with Gasteiger partial charge < -0.3 is 4.74 Å². The fraction of sp³-hybridized carbons (Fsp3) is 0.923. The van der Waals surface area contributed by atoms with Gasteiger partial charge in [-0.05, 0) is 19.8 Å². The van der Waals surface area contributed by atoms with Gasteiger partial charge in [0, 0.05) is 25.6 Å². The van der Waals surface area contributed by atoms with Crippen LogP contribution in [0.25, 0.3) is 0 Å².